The minimum absolute atomic E-state index is 0.237. The molecule has 0 spiro atoms. The molecular formula is C5H6BrIO3. The number of halogens is 2. The van der Waals surface area contributed by atoms with E-state index in [2.05, 4.69) is 20.7 Å². The molecule has 0 bridgehead atoms. The summed E-state index contributed by atoms with van der Waals surface area (Å²) in [5.74, 6) is -1.33. The van der Waals surface area contributed by atoms with Gasteiger partial charge in [0.05, 0.1) is 6.61 Å². The molecule has 0 unspecified atom stereocenters. The first-order valence-electron chi connectivity index (χ1n) is 2.58. The van der Waals surface area contributed by atoms with E-state index in [1.54, 1.807) is 29.5 Å². The Labute approximate surface area is 80.8 Å². The standard InChI is InChI=1S/C5H6BrIO3/c1-2-10-5(9)3(8)4(6)7/h4H,2H2,1H3/t4-/m0/s1. The van der Waals surface area contributed by atoms with Crippen LogP contribution in [0.1, 0.15) is 6.92 Å². The number of ketones is 1. The molecule has 1 atom stereocenters. The molecule has 0 amide bonds. The zero-order chi connectivity index (χ0) is 8.15. The van der Waals surface area contributed by atoms with Crippen molar-refractivity contribution in [1.82, 2.24) is 0 Å². The maximum Gasteiger partial charge on any atom is 0.376 e. The average Bonchev–Trinajstić information content (AvgIpc) is 1.87. The highest BCUT2D eigenvalue weighted by Crippen LogP contribution is 2.10. The summed E-state index contributed by atoms with van der Waals surface area (Å²) in [4.78, 5) is 21.3. The van der Waals surface area contributed by atoms with Crippen LogP contribution < -0.4 is 0 Å². The molecule has 0 heterocycles. The molecule has 0 aliphatic heterocycles. The zero-order valence-corrected chi connectivity index (χ0v) is 9.01. The monoisotopic (exact) mass is 320 g/mol. The largest absolute Gasteiger partial charge is 0.460 e. The summed E-state index contributed by atoms with van der Waals surface area (Å²) in [6, 6.07) is 0. The van der Waals surface area contributed by atoms with Crippen molar-refractivity contribution in [1.29, 1.82) is 0 Å². The number of hydrogen-bond acceptors (Lipinski definition) is 3. The Morgan fingerprint density at radius 2 is 2.20 bits per heavy atom. The number of carbonyl (C=O) groups excluding carboxylic acids is 2. The number of alkyl halides is 2. The minimum Gasteiger partial charge on any atom is -0.460 e. The van der Waals surface area contributed by atoms with E-state index in [0.717, 1.165) is 0 Å². The molecule has 0 aromatic heterocycles. The van der Waals surface area contributed by atoms with Crippen LogP contribution in [0, 0.1) is 0 Å². The lowest BCUT2D eigenvalue weighted by molar-refractivity contribution is -0.152. The molecule has 0 aliphatic rings. The highest BCUT2D eigenvalue weighted by molar-refractivity contribution is 14.1. The van der Waals surface area contributed by atoms with Crippen molar-refractivity contribution in [2.45, 2.75) is 9.76 Å². The minimum atomic E-state index is -0.779. The smallest absolute Gasteiger partial charge is 0.376 e. The Morgan fingerprint density at radius 3 is 2.50 bits per heavy atom. The van der Waals surface area contributed by atoms with Gasteiger partial charge < -0.3 is 4.74 Å². The predicted octanol–water partition coefficient (Wildman–Crippen LogP) is 1.27. The second kappa shape index (κ2) is 5.06. The van der Waals surface area contributed by atoms with Crippen LogP contribution in [0.2, 0.25) is 0 Å². The molecule has 58 valence electrons. The lowest BCUT2D eigenvalue weighted by Crippen LogP contribution is -2.22. The number of rotatable bonds is 3. The molecule has 10 heavy (non-hydrogen) atoms. The molecule has 0 radical (unpaired) electrons. The molecule has 3 nitrogen and oxygen atoms in total. The van der Waals surface area contributed by atoms with Crippen LogP contribution in [0.3, 0.4) is 0 Å². The normalized spacial score (nSPS) is 12.3. The molecule has 0 saturated heterocycles. The van der Waals surface area contributed by atoms with Gasteiger partial charge in [-0.1, -0.05) is 38.5 Å². The highest BCUT2D eigenvalue weighted by Gasteiger charge is 2.20. The quantitative estimate of drug-likeness (QED) is 0.340. The van der Waals surface area contributed by atoms with E-state index >= 15 is 0 Å². The predicted molar refractivity (Wildman–Crippen MR) is 48.4 cm³/mol. The zero-order valence-electron chi connectivity index (χ0n) is 5.27. The second-order valence-electron chi connectivity index (χ2n) is 1.39. The van der Waals surface area contributed by atoms with Crippen molar-refractivity contribution in [2.75, 3.05) is 6.61 Å². The van der Waals surface area contributed by atoms with Crippen LogP contribution in [-0.2, 0) is 14.3 Å². The summed E-state index contributed by atoms with van der Waals surface area (Å²) in [5, 5.41) is 0. The Balaban J connectivity index is 3.83. The van der Waals surface area contributed by atoms with Gasteiger partial charge in [0.2, 0.25) is 0 Å². The van der Waals surface area contributed by atoms with Gasteiger partial charge in [0.15, 0.2) is 0 Å². The van der Waals surface area contributed by atoms with Crippen molar-refractivity contribution >= 4 is 50.3 Å². The topological polar surface area (TPSA) is 43.4 Å². The van der Waals surface area contributed by atoms with E-state index in [1.165, 1.54) is 0 Å². The molecule has 0 aromatic carbocycles. The first-order chi connectivity index (χ1) is 4.59. The lowest BCUT2D eigenvalue weighted by atomic mass is 10.5. The van der Waals surface area contributed by atoms with Gasteiger partial charge in [-0.05, 0) is 6.92 Å². The first-order valence-corrected chi connectivity index (χ1v) is 4.74. The fraction of sp³-hybridized carbons (Fsp3) is 0.600. The molecule has 0 N–H and O–H groups in total. The maximum absolute atomic E-state index is 10.7. The van der Waals surface area contributed by atoms with Crippen LogP contribution in [0.5, 0.6) is 0 Å². The van der Waals surface area contributed by atoms with E-state index in [9.17, 15) is 9.59 Å². The summed E-state index contributed by atoms with van der Waals surface area (Å²) in [7, 11) is 0. The van der Waals surface area contributed by atoms with Crippen LogP contribution in [0.15, 0.2) is 0 Å². The summed E-state index contributed by atoms with van der Waals surface area (Å²) in [5.41, 5.74) is 0. The van der Waals surface area contributed by atoms with E-state index < -0.39 is 14.6 Å². The van der Waals surface area contributed by atoms with Crippen LogP contribution >= 0.6 is 38.5 Å². The second-order valence-corrected chi connectivity index (χ2v) is 5.26. The van der Waals surface area contributed by atoms with Gasteiger partial charge in [0, 0.05) is 0 Å². The number of carbonyl (C=O) groups is 2. The van der Waals surface area contributed by atoms with Gasteiger partial charge in [-0.15, -0.1) is 0 Å². The fourth-order valence-corrected chi connectivity index (χ4v) is 0.732. The molecule has 0 aromatic rings. The third kappa shape index (κ3) is 3.50. The van der Waals surface area contributed by atoms with E-state index in [0.29, 0.717) is 0 Å². The lowest BCUT2D eigenvalue weighted by Gasteiger charge is -1.99. The Morgan fingerprint density at radius 1 is 1.70 bits per heavy atom. The van der Waals surface area contributed by atoms with Crippen molar-refractivity contribution in [3.8, 4) is 0 Å². The van der Waals surface area contributed by atoms with Gasteiger partial charge in [0.1, 0.15) is 2.83 Å². The Kier molecular flexibility index (Phi) is 5.24. The van der Waals surface area contributed by atoms with Crippen molar-refractivity contribution in [2.24, 2.45) is 0 Å². The van der Waals surface area contributed by atoms with Crippen LogP contribution in [0.25, 0.3) is 0 Å². The van der Waals surface area contributed by atoms with Gasteiger partial charge >= 0.3 is 5.97 Å². The summed E-state index contributed by atoms with van der Waals surface area (Å²) in [6.45, 7) is 1.89. The van der Waals surface area contributed by atoms with Gasteiger partial charge in [-0.25, -0.2) is 4.79 Å². The summed E-state index contributed by atoms with van der Waals surface area (Å²) in [6.07, 6.45) is 0. The van der Waals surface area contributed by atoms with Crippen LogP contribution in [0.4, 0.5) is 0 Å². The molecule has 0 fully saturated rings. The Hall–Kier alpha value is 0.350. The summed E-state index contributed by atoms with van der Waals surface area (Å²) >= 11 is 4.74. The number of esters is 1. The van der Waals surface area contributed by atoms with Gasteiger partial charge in [-0.2, -0.15) is 0 Å². The van der Waals surface area contributed by atoms with Gasteiger partial charge in [-0.3, -0.25) is 4.79 Å². The first kappa shape index (κ1) is 10.3. The Bertz CT molecular complexity index is 146. The molecule has 5 heteroatoms. The van der Waals surface area contributed by atoms with E-state index in [1.807, 2.05) is 0 Å². The summed E-state index contributed by atoms with van der Waals surface area (Å²) < 4.78 is 3.96. The van der Waals surface area contributed by atoms with Gasteiger partial charge in [0.25, 0.3) is 5.78 Å². The van der Waals surface area contributed by atoms with Crippen LogP contribution in [-0.4, -0.2) is 21.2 Å². The van der Waals surface area contributed by atoms with Crippen molar-refractivity contribution in [3.63, 3.8) is 0 Å². The average molecular weight is 321 g/mol. The number of hydrogen-bond donors (Lipinski definition) is 0. The van der Waals surface area contributed by atoms with Crippen molar-refractivity contribution < 1.29 is 14.3 Å². The SMILES string of the molecule is CCOC(=O)C(=O)[C@@H](Br)I. The third-order valence-corrected chi connectivity index (χ3v) is 1.66. The molecule has 0 aliphatic carbocycles. The van der Waals surface area contributed by atoms with E-state index in [-0.39, 0.29) is 6.61 Å². The molecule has 0 rings (SSSR count). The number of ether oxygens (including phenoxy) is 1. The third-order valence-electron chi connectivity index (χ3n) is 0.675. The number of Topliss-reactive ketones (excluding diaryl/α,β-unsaturated/α-hetero) is 1. The highest BCUT2D eigenvalue weighted by atomic mass is 127. The molecular weight excluding hydrogens is 315 g/mol. The van der Waals surface area contributed by atoms with E-state index in [4.69, 9.17) is 0 Å². The van der Waals surface area contributed by atoms with Crippen molar-refractivity contribution in [3.05, 3.63) is 0 Å². The molecule has 0 saturated carbocycles. The fourth-order valence-electron chi connectivity index (χ4n) is 0.291. The maximum atomic E-state index is 10.7.